The molecule has 1 aliphatic carbocycles. The Bertz CT molecular complexity index is 548. The van der Waals surface area contributed by atoms with Gasteiger partial charge in [-0.15, -0.1) is 0 Å². The number of rotatable bonds is 6. The molecular formula is C17H31N7. The third-order valence-corrected chi connectivity index (χ3v) is 5.59. The van der Waals surface area contributed by atoms with E-state index in [0.717, 1.165) is 37.3 Å². The third-order valence-electron chi connectivity index (χ3n) is 5.59. The first-order valence-electron chi connectivity index (χ1n) is 9.06. The van der Waals surface area contributed by atoms with Gasteiger partial charge in [-0.25, -0.2) is 4.98 Å². The zero-order valence-corrected chi connectivity index (χ0v) is 15.0. The molecule has 1 saturated carbocycles. The van der Waals surface area contributed by atoms with E-state index in [-0.39, 0.29) is 0 Å². The highest BCUT2D eigenvalue weighted by molar-refractivity contribution is 5.44. The molecule has 6 N–H and O–H groups in total. The van der Waals surface area contributed by atoms with Crippen molar-refractivity contribution in [1.29, 1.82) is 0 Å². The van der Waals surface area contributed by atoms with Crippen molar-refractivity contribution in [1.82, 2.24) is 20.8 Å². The Morgan fingerprint density at radius 2 is 1.88 bits per heavy atom. The minimum Gasteiger partial charge on any atom is -0.368 e. The van der Waals surface area contributed by atoms with Crippen LogP contribution in [0.5, 0.6) is 0 Å². The first kappa shape index (κ1) is 17.4. The Kier molecular flexibility index (Phi) is 5.22. The van der Waals surface area contributed by atoms with E-state index in [1.54, 1.807) is 0 Å². The molecule has 2 aliphatic rings. The molecule has 2 unspecified atom stereocenters. The lowest BCUT2D eigenvalue weighted by molar-refractivity contribution is 0.345. The van der Waals surface area contributed by atoms with Crippen molar-refractivity contribution in [3.8, 4) is 0 Å². The summed E-state index contributed by atoms with van der Waals surface area (Å²) in [6.45, 7) is 5.45. The van der Waals surface area contributed by atoms with E-state index in [1.165, 1.54) is 6.42 Å². The molecule has 7 nitrogen and oxygen atoms in total. The summed E-state index contributed by atoms with van der Waals surface area (Å²) in [6.07, 6.45) is 4.32. The summed E-state index contributed by atoms with van der Waals surface area (Å²) >= 11 is 0. The van der Waals surface area contributed by atoms with Gasteiger partial charge in [0.1, 0.15) is 5.82 Å². The highest BCUT2D eigenvalue weighted by Crippen LogP contribution is 2.35. The molecule has 1 aromatic heterocycles. The summed E-state index contributed by atoms with van der Waals surface area (Å²) in [5, 5.41) is 0. The van der Waals surface area contributed by atoms with E-state index in [1.807, 2.05) is 0 Å². The van der Waals surface area contributed by atoms with Crippen LogP contribution in [0, 0.1) is 5.92 Å². The molecular weight excluding hydrogens is 302 g/mol. The van der Waals surface area contributed by atoms with Gasteiger partial charge in [-0.05, 0) is 45.4 Å². The van der Waals surface area contributed by atoms with Crippen molar-refractivity contribution in [2.45, 2.75) is 63.6 Å². The van der Waals surface area contributed by atoms with Crippen molar-refractivity contribution in [2.75, 3.05) is 24.2 Å². The number of nitrogen functional groups attached to an aromatic ring is 1. The van der Waals surface area contributed by atoms with Crippen LogP contribution in [0.15, 0.2) is 6.07 Å². The lowest BCUT2D eigenvalue weighted by Crippen LogP contribution is -2.35. The molecule has 0 radical (unpaired) electrons. The van der Waals surface area contributed by atoms with Crippen LogP contribution in [0.2, 0.25) is 0 Å². The van der Waals surface area contributed by atoms with E-state index in [4.69, 9.17) is 11.5 Å². The van der Waals surface area contributed by atoms with Gasteiger partial charge in [0.2, 0.25) is 5.95 Å². The van der Waals surface area contributed by atoms with Gasteiger partial charge < -0.3 is 16.4 Å². The minimum atomic E-state index is 0.310. The largest absolute Gasteiger partial charge is 0.368 e. The average molecular weight is 333 g/mol. The lowest BCUT2D eigenvalue weighted by Gasteiger charge is -2.32. The Hall–Kier alpha value is -1.44. The van der Waals surface area contributed by atoms with Crippen LogP contribution < -0.4 is 27.2 Å². The van der Waals surface area contributed by atoms with Gasteiger partial charge in [0, 0.05) is 43.7 Å². The Labute approximate surface area is 144 Å². The fraction of sp³-hybridized carbons (Fsp3) is 0.765. The van der Waals surface area contributed by atoms with Crippen molar-refractivity contribution >= 4 is 11.8 Å². The van der Waals surface area contributed by atoms with Crippen LogP contribution in [0.1, 0.15) is 51.1 Å². The topological polar surface area (TPSA) is 105 Å². The first-order valence-corrected chi connectivity index (χ1v) is 9.06. The van der Waals surface area contributed by atoms with E-state index in [9.17, 15) is 0 Å². The number of nitrogens with two attached hydrogens (primary N) is 2. The second kappa shape index (κ2) is 7.21. The summed E-state index contributed by atoms with van der Waals surface area (Å²) in [5.41, 5.74) is 19.5. The molecule has 0 bridgehead atoms. The molecule has 2 heterocycles. The molecule has 1 aliphatic heterocycles. The fourth-order valence-electron chi connectivity index (χ4n) is 3.87. The maximum absolute atomic E-state index is 5.92. The average Bonchev–Trinajstić information content (AvgIpc) is 2.83. The Morgan fingerprint density at radius 1 is 1.21 bits per heavy atom. The molecule has 2 fully saturated rings. The first-order chi connectivity index (χ1) is 11.4. The summed E-state index contributed by atoms with van der Waals surface area (Å²) in [5.74, 6) is 2.39. The summed E-state index contributed by atoms with van der Waals surface area (Å²) in [4.78, 5) is 11.0. The van der Waals surface area contributed by atoms with Crippen LogP contribution in [-0.2, 0) is 0 Å². The monoisotopic (exact) mass is 333 g/mol. The SMILES string of the molecule is CC1NNC(C)C1CCCN(C)c1cc(C2CC(N)C2)nc(N)n1. The van der Waals surface area contributed by atoms with Gasteiger partial charge >= 0.3 is 0 Å². The number of aromatic nitrogens is 2. The van der Waals surface area contributed by atoms with E-state index >= 15 is 0 Å². The Morgan fingerprint density at radius 3 is 2.50 bits per heavy atom. The molecule has 24 heavy (non-hydrogen) atoms. The fourth-order valence-corrected chi connectivity index (χ4v) is 3.87. The third kappa shape index (κ3) is 3.79. The standard InChI is InChI=1S/C17H31N7/c1-10-14(11(2)23-22-10)5-4-6-24(3)16-9-15(20-17(19)21-16)12-7-13(18)8-12/h9-14,22-23H,4-8,18H2,1-3H3,(H2,19,20,21). The zero-order chi connectivity index (χ0) is 17.3. The predicted molar refractivity (Wildman–Crippen MR) is 97.6 cm³/mol. The number of hydrazine groups is 1. The summed E-state index contributed by atoms with van der Waals surface area (Å²) in [6, 6.07) is 3.44. The minimum absolute atomic E-state index is 0.310. The van der Waals surface area contributed by atoms with Gasteiger partial charge in [0.25, 0.3) is 0 Å². The smallest absolute Gasteiger partial charge is 0.222 e. The van der Waals surface area contributed by atoms with Crippen LogP contribution in [0.3, 0.4) is 0 Å². The number of anilines is 2. The number of nitrogens with zero attached hydrogens (tertiary/aromatic N) is 3. The molecule has 0 aromatic carbocycles. The molecule has 7 heteroatoms. The molecule has 134 valence electrons. The number of hydrogen-bond acceptors (Lipinski definition) is 7. The summed E-state index contributed by atoms with van der Waals surface area (Å²) < 4.78 is 0. The van der Waals surface area contributed by atoms with Crippen molar-refractivity contribution in [3.63, 3.8) is 0 Å². The number of hydrogen-bond donors (Lipinski definition) is 4. The van der Waals surface area contributed by atoms with Crippen molar-refractivity contribution in [2.24, 2.45) is 11.7 Å². The normalized spacial score (nSPS) is 32.6. The van der Waals surface area contributed by atoms with Crippen LogP contribution in [0.4, 0.5) is 11.8 Å². The van der Waals surface area contributed by atoms with Crippen LogP contribution in [0.25, 0.3) is 0 Å². The highest BCUT2D eigenvalue weighted by Gasteiger charge is 2.30. The van der Waals surface area contributed by atoms with Gasteiger partial charge in [0.05, 0.1) is 5.69 Å². The van der Waals surface area contributed by atoms with Gasteiger partial charge in [-0.2, -0.15) is 4.98 Å². The molecule has 1 saturated heterocycles. The lowest BCUT2D eigenvalue weighted by atomic mass is 9.78. The summed E-state index contributed by atoms with van der Waals surface area (Å²) in [7, 11) is 2.08. The van der Waals surface area contributed by atoms with Gasteiger partial charge in [0.15, 0.2) is 0 Å². The van der Waals surface area contributed by atoms with Crippen LogP contribution in [-0.4, -0.2) is 41.7 Å². The maximum atomic E-state index is 5.92. The second-order valence-corrected chi connectivity index (χ2v) is 7.53. The predicted octanol–water partition coefficient (Wildman–Crippen LogP) is 0.981. The molecule has 1 aromatic rings. The zero-order valence-electron chi connectivity index (χ0n) is 15.0. The van der Waals surface area contributed by atoms with E-state index < -0.39 is 0 Å². The second-order valence-electron chi connectivity index (χ2n) is 7.53. The van der Waals surface area contributed by atoms with Crippen molar-refractivity contribution in [3.05, 3.63) is 11.8 Å². The highest BCUT2D eigenvalue weighted by atomic mass is 15.4. The van der Waals surface area contributed by atoms with Gasteiger partial charge in [-0.3, -0.25) is 10.9 Å². The van der Waals surface area contributed by atoms with Crippen molar-refractivity contribution < 1.29 is 0 Å². The number of nitrogens with one attached hydrogen (secondary N) is 2. The molecule has 0 spiro atoms. The molecule has 0 amide bonds. The van der Waals surface area contributed by atoms with Crippen LogP contribution >= 0.6 is 0 Å². The molecule has 2 atom stereocenters. The Balaban J connectivity index is 1.55. The van der Waals surface area contributed by atoms with E-state index in [2.05, 4.69) is 52.7 Å². The van der Waals surface area contributed by atoms with Gasteiger partial charge in [-0.1, -0.05) is 0 Å². The quantitative estimate of drug-likeness (QED) is 0.615. The van der Waals surface area contributed by atoms with E-state index in [0.29, 0.717) is 35.9 Å². The molecule has 3 rings (SSSR count). The maximum Gasteiger partial charge on any atom is 0.222 e.